The van der Waals surface area contributed by atoms with Gasteiger partial charge in [0.05, 0.1) is 0 Å². The summed E-state index contributed by atoms with van der Waals surface area (Å²) in [5.74, 6) is 3.85. The molecule has 2 saturated heterocycles. The molecule has 0 aromatic heterocycles. The van der Waals surface area contributed by atoms with E-state index in [1.807, 2.05) is 0 Å². The van der Waals surface area contributed by atoms with Crippen molar-refractivity contribution in [2.75, 3.05) is 85.2 Å². The molecule has 2 aliphatic rings. The third-order valence-electron chi connectivity index (χ3n) is 5.16. The van der Waals surface area contributed by atoms with Gasteiger partial charge in [-0.15, -0.1) is 0 Å². The highest BCUT2D eigenvalue weighted by molar-refractivity contribution is 7.99. The normalized spacial score (nSPS) is 20.8. The number of rotatable bonds is 7. The van der Waals surface area contributed by atoms with Crippen LogP contribution in [0.15, 0.2) is 24.3 Å². The van der Waals surface area contributed by atoms with Gasteiger partial charge in [0.2, 0.25) is 0 Å². The molecule has 7 heteroatoms. The summed E-state index contributed by atoms with van der Waals surface area (Å²) in [6, 6.07) is 9.12. The first-order valence-electron chi connectivity index (χ1n) is 9.71. The van der Waals surface area contributed by atoms with Crippen molar-refractivity contribution in [1.29, 1.82) is 0 Å². The molecule has 3 rings (SSSR count). The zero-order valence-corrected chi connectivity index (χ0v) is 17.3. The molecule has 0 spiro atoms. The van der Waals surface area contributed by atoms with Crippen LogP contribution < -0.4 is 15.5 Å². The average molecular weight is 397 g/mol. The monoisotopic (exact) mass is 396 g/mol. The Balaban J connectivity index is 1.49. The van der Waals surface area contributed by atoms with Crippen molar-refractivity contribution in [3.63, 3.8) is 0 Å². The number of hydrogen-bond acceptors (Lipinski definition) is 6. The van der Waals surface area contributed by atoms with Crippen LogP contribution in [0.4, 0.5) is 11.4 Å². The fourth-order valence-electron chi connectivity index (χ4n) is 3.61. The van der Waals surface area contributed by atoms with Gasteiger partial charge in [-0.2, -0.15) is 11.8 Å². The molecule has 2 fully saturated rings. The predicted octanol–water partition coefficient (Wildman–Crippen LogP) is 1.46. The smallest absolute Gasteiger partial charge is 0.0368 e. The van der Waals surface area contributed by atoms with Crippen molar-refractivity contribution in [1.82, 2.24) is 4.90 Å². The van der Waals surface area contributed by atoms with E-state index in [0.717, 1.165) is 58.0 Å². The molecule has 1 unspecified atom stereocenters. The predicted molar refractivity (Wildman–Crippen MR) is 116 cm³/mol. The molecule has 0 aliphatic carbocycles. The summed E-state index contributed by atoms with van der Waals surface area (Å²) in [6.07, 6.45) is 1.16. The molecular weight excluding hydrogens is 364 g/mol. The fourth-order valence-corrected chi connectivity index (χ4v) is 5.44. The third kappa shape index (κ3) is 5.87. The highest BCUT2D eigenvalue weighted by Crippen LogP contribution is 2.24. The van der Waals surface area contributed by atoms with Gasteiger partial charge in [0, 0.05) is 91.0 Å². The second kappa shape index (κ2) is 10.5. The number of nitrogens with two attached hydrogens (primary N) is 1. The average Bonchev–Trinajstić information content (AvgIpc) is 2.93. The number of nitrogens with zero attached hydrogens (tertiary/aromatic N) is 3. The van der Waals surface area contributed by atoms with Gasteiger partial charge in [0.15, 0.2) is 0 Å². The second-order valence-corrected chi connectivity index (χ2v) is 9.86. The van der Waals surface area contributed by atoms with Crippen molar-refractivity contribution in [2.24, 2.45) is 5.73 Å². The van der Waals surface area contributed by atoms with Crippen molar-refractivity contribution in [3.8, 4) is 0 Å². The summed E-state index contributed by atoms with van der Waals surface area (Å²) in [4.78, 5) is 7.44. The Morgan fingerprint density at radius 2 is 1.54 bits per heavy atom. The molecule has 2 heterocycles. The van der Waals surface area contributed by atoms with E-state index in [1.165, 1.54) is 22.9 Å². The first kappa shape index (κ1) is 20.0. The summed E-state index contributed by atoms with van der Waals surface area (Å²) in [6.45, 7) is 8.05. The van der Waals surface area contributed by atoms with Gasteiger partial charge in [0.25, 0.3) is 0 Å². The minimum Gasteiger partial charge on any atom is -0.370 e. The molecule has 0 bridgehead atoms. The van der Waals surface area contributed by atoms with Gasteiger partial charge >= 0.3 is 0 Å². The van der Waals surface area contributed by atoms with Crippen molar-refractivity contribution in [3.05, 3.63) is 24.3 Å². The summed E-state index contributed by atoms with van der Waals surface area (Å²) in [7, 11) is -0.764. The van der Waals surface area contributed by atoms with Gasteiger partial charge < -0.3 is 20.4 Å². The molecule has 2 aliphatic heterocycles. The molecule has 2 N–H and O–H groups in total. The van der Waals surface area contributed by atoms with Crippen LogP contribution in [0.25, 0.3) is 0 Å². The molecule has 146 valence electrons. The van der Waals surface area contributed by atoms with Crippen LogP contribution in [0.2, 0.25) is 0 Å². The Kier molecular flexibility index (Phi) is 8.10. The first-order valence-corrected chi connectivity index (χ1v) is 12.4. The SMILES string of the molecule is NCCS(=O)CCN1CCCN(c2ccc(N3CCSCC3)cc2)CC1. The van der Waals surface area contributed by atoms with E-state index in [4.69, 9.17) is 5.73 Å². The molecule has 0 radical (unpaired) electrons. The number of anilines is 2. The molecule has 26 heavy (non-hydrogen) atoms. The second-order valence-electron chi connectivity index (χ2n) is 6.93. The van der Waals surface area contributed by atoms with Crippen LogP contribution in [0.3, 0.4) is 0 Å². The summed E-state index contributed by atoms with van der Waals surface area (Å²) >= 11 is 2.05. The minimum absolute atomic E-state index is 0.520. The molecule has 1 aromatic carbocycles. The lowest BCUT2D eigenvalue weighted by Crippen LogP contribution is -2.34. The van der Waals surface area contributed by atoms with E-state index >= 15 is 0 Å². The minimum atomic E-state index is -0.764. The van der Waals surface area contributed by atoms with Crippen LogP contribution in [-0.4, -0.2) is 84.5 Å². The number of thioether (sulfide) groups is 1. The van der Waals surface area contributed by atoms with Crippen LogP contribution in [0.1, 0.15) is 6.42 Å². The Hall–Kier alpha value is -0.760. The molecule has 0 amide bonds. The van der Waals surface area contributed by atoms with Crippen LogP contribution >= 0.6 is 11.8 Å². The topological polar surface area (TPSA) is 52.8 Å². The zero-order chi connectivity index (χ0) is 18.2. The Morgan fingerprint density at radius 3 is 2.19 bits per heavy atom. The van der Waals surface area contributed by atoms with Crippen LogP contribution in [-0.2, 0) is 10.8 Å². The Bertz CT molecular complexity index is 563. The van der Waals surface area contributed by atoms with Gasteiger partial charge in [-0.05, 0) is 37.2 Å². The van der Waals surface area contributed by atoms with E-state index in [1.54, 1.807) is 0 Å². The van der Waals surface area contributed by atoms with Gasteiger partial charge in [-0.25, -0.2) is 0 Å². The summed E-state index contributed by atoms with van der Waals surface area (Å²) in [5.41, 5.74) is 8.17. The lowest BCUT2D eigenvalue weighted by molar-refractivity contribution is 0.311. The lowest BCUT2D eigenvalue weighted by Gasteiger charge is -2.29. The highest BCUT2D eigenvalue weighted by Gasteiger charge is 2.16. The summed E-state index contributed by atoms with van der Waals surface area (Å²) < 4.78 is 11.8. The van der Waals surface area contributed by atoms with E-state index in [9.17, 15) is 4.21 Å². The number of hydrogen-bond donors (Lipinski definition) is 1. The van der Waals surface area contributed by atoms with E-state index in [0.29, 0.717) is 12.3 Å². The third-order valence-corrected chi connectivity index (χ3v) is 7.43. The standard InChI is InChI=1S/C19H32N4OS2/c20-6-16-26(24)17-13-21-7-1-8-22(10-9-21)18-2-4-19(5-3-18)23-11-14-25-15-12-23/h2-5H,1,6-17,20H2. The zero-order valence-electron chi connectivity index (χ0n) is 15.6. The fraction of sp³-hybridized carbons (Fsp3) is 0.684. The molecule has 5 nitrogen and oxygen atoms in total. The molecule has 0 saturated carbocycles. The van der Waals surface area contributed by atoms with E-state index in [-0.39, 0.29) is 0 Å². The Morgan fingerprint density at radius 1 is 0.885 bits per heavy atom. The molecule has 1 aromatic rings. The van der Waals surface area contributed by atoms with Crippen molar-refractivity contribution < 1.29 is 4.21 Å². The number of benzene rings is 1. The molecule has 1 atom stereocenters. The van der Waals surface area contributed by atoms with Gasteiger partial charge in [-0.3, -0.25) is 4.21 Å². The lowest BCUT2D eigenvalue weighted by atomic mass is 10.2. The van der Waals surface area contributed by atoms with Crippen LogP contribution in [0, 0.1) is 0 Å². The van der Waals surface area contributed by atoms with E-state index in [2.05, 4.69) is 50.7 Å². The van der Waals surface area contributed by atoms with E-state index < -0.39 is 10.8 Å². The summed E-state index contributed by atoms with van der Waals surface area (Å²) in [5, 5.41) is 0. The largest absolute Gasteiger partial charge is 0.370 e. The van der Waals surface area contributed by atoms with Crippen LogP contribution in [0.5, 0.6) is 0 Å². The van der Waals surface area contributed by atoms with Gasteiger partial charge in [0.1, 0.15) is 0 Å². The maximum atomic E-state index is 11.8. The quantitative estimate of drug-likeness (QED) is 0.753. The maximum absolute atomic E-state index is 11.8. The highest BCUT2D eigenvalue weighted by atomic mass is 32.2. The molecular formula is C19H32N4OS2. The van der Waals surface area contributed by atoms with Gasteiger partial charge in [-0.1, -0.05) is 0 Å². The van der Waals surface area contributed by atoms with Crippen molar-refractivity contribution in [2.45, 2.75) is 6.42 Å². The first-order chi connectivity index (χ1) is 12.8. The maximum Gasteiger partial charge on any atom is 0.0368 e. The Labute approximate surface area is 164 Å². The van der Waals surface area contributed by atoms with Crippen molar-refractivity contribution >= 4 is 33.9 Å².